The molecule has 3 aromatic heterocycles. The molecule has 3 aromatic rings. The zero-order chi connectivity index (χ0) is 24.5. The lowest BCUT2D eigenvalue weighted by Gasteiger charge is -2.40. The Balaban J connectivity index is 1.13. The van der Waals surface area contributed by atoms with E-state index in [-0.39, 0.29) is 5.92 Å². The van der Waals surface area contributed by atoms with Crippen LogP contribution < -0.4 is 10.2 Å². The van der Waals surface area contributed by atoms with Crippen LogP contribution in [0.1, 0.15) is 37.2 Å². The predicted molar refractivity (Wildman–Crippen MR) is 143 cm³/mol. The summed E-state index contributed by atoms with van der Waals surface area (Å²) in [6.45, 7) is 5.36. The van der Waals surface area contributed by atoms with Gasteiger partial charge in [0.15, 0.2) is 0 Å². The number of aliphatic imine (C=N–C) groups is 1. The summed E-state index contributed by atoms with van der Waals surface area (Å²) in [6.07, 6.45) is 12.3. The van der Waals surface area contributed by atoms with Crippen LogP contribution >= 0.6 is 0 Å². The number of hydrogen-bond acceptors (Lipinski definition) is 6. The Labute approximate surface area is 212 Å². The van der Waals surface area contributed by atoms with Crippen molar-refractivity contribution in [2.75, 3.05) is 51.2 Å². The van der Waals surface area contributed by atoms with Crippen molar-refractivity contribution in [3.8, 4) is 11.3 Å². The maximum absolute atomic E-state index is 12.9. The lowest BCUT2D eigenvalue weighted by atomic mass is 9.75. The van der Waals surface area contributed by atoms with Crippen molar-refractivity contribution in [3.63, 3.8) is 0 Å². The average molecular weight is 486 g/mol. The summed E-state index contributed by atoms with van der Waals surface area (Å²) < 4.78 is 1.95. The zero-order valence-corrected chi connectivity index (χ0v) is 21.0. The molecule has 8 nitrogen and oxygen atoms in total. The molecule has 1 aliphatic carbocycles. The number of nitrogens with one attached hydrogen (secondary N) is 1. The maximum atomic E-state index is 12.9. The number of nitrogens with zero attached hydrogens (tertiary/aromatic N) is 6. The molecule has 8 heteroatoms. The molecule has 1 amide bonds. The van der Waals surface area contributed by atoms with Crippen molar-refractivity contribution in [3.05, 3.63) is 48.4 Å². The van der Waals surface area contributed by atoms with Gasteiger partial charge in [0, 0.05) is 76.1 Å². The number of rotatable bonds is 5. The van der Waals surface area contributed by atoms with Gasteiger partial charge in [0.1, 0.15) is 0 Å². The average Bonchev–Trinajstić information content (AvgIpc) is 3.35. The van der Waals surface area contributed by atoms with Crippen LogP contribution in [0.2, 0.25) is 0 Å². The van der Waals surface area contributed by atoms with Crippen LogP contribution in [0.25, 0.3) is 16.8 Å². The van der Waals surface area contributed by atoms with Crippen LogP contribution in [0, 0.1) is 11.8 Å². The molecule has 2 saturated heterocycles. The minimum atomic E-state index is 0.175. The number of carbonyl (C=O) groups is 1. The van der Waals surface area contributed by atoms with Crippen LogP contribution in [0.4, 0.5) is 5.69 Å². The molecule has 6 rings (SSSR count). The highest BCUT2D eigenvalue weighted by atomic mass is 16.2. The van der Waals surface area contributed by atoms with Crippen molar-refractivity contribution in [2.24, 2.45) is 16.8 Å². The summed E-state index contributed by atoms with van der Waals surface area (Å²) >= 11 is 0. The normalized spacial score (nSPS) is 24.9. The minimum absolute atomic E-state index is 0.175. The minimum Gasteiger partial charge on any atom is -0.366 e. The first-order valence-electron chi connectivity index (χ1n) is 13.3. The molecule has 0 spiro atoms. The monoisotopic (exact) mass is 485 g/mol. The lowest BCUT2D eigenvalue weighted by Crippen LogP contribution is -2.52. The molecule has 0 unspecified atom stereocenters. The maximum Gasteiger partial charge on any atom is 0.225 e. The van der Waals surface area contributed by atoms with Crippen molar-refractivity contribution in [2.45, 2.75) is 31.6 Å². The summed E-state index contributed by atoms with van der Waals surface area (Å²) in [5.74, 6) is 1.53. The molecule has 1 atom stereocenters. The number of piperazine rings is 1. The first-order chi connectivity index (χ1) is 17.7. The van der Waals surface area contributed by atoms with Crippen LogP contribution in [0.3, 0.4) is 0 Å². The molecule has 5 heterocycles. The van der Waals surface area contributed by atoms with Gasteiger partial charge in [0.25, 0.3) is 0 Å². The molecule has 36 heavy (non-hydrogen) atoms. The summed E-state index contributed by atoms with van der Waals surface area (Å²) in [6, 6.07) is 8.64. The second-order valence-electron chi connectivity index (χ2n) is 10.4. The molecule has 2 aliphatic heterocycles. The van der Waals surface area contributed by atoms with Gasteiger partial charge in [0.05, 0.1) is 16.9 Å². The molecule has 3 aliphatic rings. The number of carbonyl (C=O) groups excluding carboxylic acids is 1. The zero-order valence-electron chi connectivity index (χ0n) is 21.0. The van der Waals surface area contributed by atoms with Gasteiger partial charge < -0.3 is 20.1 Å². The summed E-state index contributed by atoms with van der Waals surface area (Å²) in [7, 11) is 1.81. The van der Waals surface area contributed by atoms with E-state index in [2.05, 4.69) is 55.7 Å². The molecule has 188 valence electrons. The fourth-order valence-electron chi connectivity index (χ4n) is 5.98. The largest absolute Gasteiger partial charge is 0.366 e. The molecule has 1 saturated carbocycles. The Morgan fingerprint density at radius 3 is 2.75 bits per heavy atom. The Kier molecular flexibility index (Phi) is 6.44. The van der Waals surface area contributed by atoms with E-state index >= 15 is 0 Å². The second kappa shape index (κ2) is 10.0. The Bertz CT molecular complexity index is 1230. The third-order valence-electron chi connectivity index (χ3n) is 8.15. The highest BCUT2D eigenvalue weighted by molar-refractivity contribution is 5.83. The van der Waals surface area contributed by atoms with Gasteiger partial charge in [-0.1, -0.05) is 6.07 Å². The van der Waals surface area contributed by atoms with Gasteiger partial charge in [0.2, 0.25) is 5.91 Å². The smallest absolute Gasteiger partial charge is 0.225 e. The summed E-state index contributed by atoms with van der Waals surface area (Å²) in [4.78, 5) is 26.2. The van der Waals surface area contributed by atoms with Gasteiger partial charge in [-0.3, -0.25) is 9.78 Å². The molecule has 1 N–H and O–H groups in total. The van der Waals surface area contributed by atoms with E-state index in [0.717, 1.165) is 74.6 Å². The molecule has 0 bridgehead atoms. The van der Waals surface area contributed by atoms with Gasteiger partial charge >= 0.3 is 0 Å². The van der Waals surface area contributed by atoms with E-state index in [1.54, 1.807) is 7.05 Å². The van der Waals surface area contributed by atoms with Gasteiger partial charge in [-0.15, -0.1) is 0 Å². The third kappa shape index (κ3) is 4.50. The molecular weight excluding hydrogens is 450 g/mol. The molecular formula is C28H35N7O. The number of pyridine rings is 1. The first kappa shape index (κ1) is 23.2. The highest BCUT2D eigenvalue weighted by Crippen LogP contribution is 2.35. The van der Waals surface area contributed by atoms with Crippen molar-refractivity contribution < 1.29 is 4.79 Å². The summed E-state index contributed by atoms with van der Waals surface area (Å²) in [5, 5.41) is 8.05. The van der Waals surface area contributed by atoms with E-state index in [9.17, 15) is 4.79 Å². The second-order valence-corrected chi connectivity index (χ2v) is 10.4. The highest BCUT2D eigenvalue weighted by Gasteiger charge is 2.36. The van der Waals surface area contributed by atoms with Crippen molar-refractivity contribution in [1.82, 2.24) is 24.8 Å². The topological polar surface area (TPSA) is 78.1 Å². The number of amides is 1. The van der Waals surface area contributed by atoms with E-state index < -0.39 is 0 Å². The van der Waals surface area contributed by atoms with E-state index in [1.807, 2.05) is 23.1 Å². The number of aromatic nitrogens is 3. The number of fused-ring (bicyclic) bond motifs is 1. The van der Waals surface area contributed by atoms with Crippen molar-refractivity contribution in [1.29, 1.82) is 0 Å². The quantitative estimate of drug-likeness (QED) is 0.562. The number of piperidine rings is 1. The SMILES string of the molecule is CN=CC1CC(C(=O)N2CCN(c3ccnn4cc(-c5ccc([C@@H]6CCCNC6)cn5)cc34)CC2)C1. The number of anilines is 1. The van der Waals surface area contributed by atoms with E-state index in [1.165, 1.54) is 18.4 Å². The standard InChI is InChI=1S/C28H35N7O/c1-29-16-20-13-23(14-20)28(36)34-11-9-33(10-12-34)26-6-8-32-35-19-24(15-27(26)35)25-5-4-22(18-31-25)21-3-2-7-30-17-21/h4-6,8,15-16,18-21,23,30H,2-3,7,9-14,17H2,1H3/t20?,21-,23?/m1/s1. The Hall–Kier alpha value is -3.26. The fourth-order valence-corrected chi connectivity index (χ4v) is 5.98. The molecule has 0 aromatic carbocycles. The van der Waals surface area contributed by atoms with E-state index in [4.69, 9.17) is 4.98 Å². The molecule has 0 radical (unpaired) electrons. The Morgan fingerprint density at radius 2 is 2.03 bits per heavy atom. The third-order valence-corrected chi connectivity index (χ3v) is 8.15. The fraction of sp³-hybridized carbons (Fsp3) is 0.500. The van der Waals surface area contributed by atoms with E-state index in [0.29, 0.717) is 17.7 Å². The lowest BCUT2D eigenvalue weighted by molar-refractivity contribution is -0.139. The predicted octanol–water partition coefficient (Wildman–Crippen LogP) is 3.24. The van der Waals surface area contributed by atoms with Gasteiger partial charge in [-0.25, -0.2) is 4.52 Å². The Morgan fingerprint density at radius 1 is 1.17 bits per heavy atom. The van der Waals surface area contributed by atoms with Crippen LogP contribution in [0.15, 0.2) is 47.8 Å². The van der Waals surface area contributed by atoms with Crippen LogP contribution in [-0.2, 0) is 4.79 Å². The van der Waals surface area contributed by atoms with Gasteiger partial charge in [-0.2, -0.15) is 5.10 Å². The summed E-state index contributed by atoms with van der Waals surface area (Å²) in [5.41, 5.74) is 5.61. The number of hydrogen-bond donors (Lipinski definition) is 1. The first-order valence-corrected chi connectivity index (χ1v) is 13.3. The van der Waals surface area contributed by atoms with Gasteiger partial charge in [-0.05, 0) is 67.8 Å². The van der Waals surface area contributed by atoms with Crippen LogP contribution in [-0.4, -0.2) is 77.9 Å². The molecule has 3 fully saturated rings. The van der Waals surface area contributed by atoms with Crippen LogP contribution in [0.5, 0.6) is 0 Å². The van der Waals surface area contributed by atoms with Crippen molar-refractivity contribution >= 4 is 23.3 Å².